The lowest BCUT2D eigenvalue weighted by Gasteiger charge is -1.91. The number of hydrogen-bond donors (Lipinski definition) is 2. The third kappa shape index (κ3) is 0.887. The number of nitrogens with one attached hydrogen (secondary N) is 2. The van der Waals surface area contributed by atoms with Gasteiger partial charge in [-0.05, 0) is 17.2 Å². The lowest BCUT2D eigenvalue weighted by atomic mass is 10.1. The van der Waals surface area contributed by atoms with Crippen LogP contribution in [0.25, 0.3) is 0 Å². The van der Waals surface area contributed by atoms with E-state index in [1.54, 1.807) is 6.07 Å². The molecule has 0 saturated carbocycles. The highest BCUT2D eigenvalue weighted by Crippen LogP contribution is 2.13. The molecule has 0 atom stereocenters. The maximum Gasteiger partial charge on any atom is 0.257 e. The minimum atomic E-state index is -0.111. The number of carbonyl (C=O) groups excluding carboxylic acids is 1. The number of hydrogen-bond acceptors (Lipinski definition) is 2. The molecule has 2 N–H and O–H groups in total. The van der Waals surface area contributed by atoms with E-state index in [2.05, 4.69) is 5.32 Å². The van der Waals surface area contributed by atoms with E-state index in [4.69, 9.17) is 4.78 Å². The zero-order valence-electron chi connectivity index (χ0n) is 6.13. The van der Waals surface area contributed by atoms with Crippen LogP contribution >= 0.6 is 0 Å². The summed E-state index contributed by atoms with van der Waals surface area (Å²) in [4.78, 5) is 11.8. The van der Waals surface area contributed by atoms with Gasteiger partial charge in [-0.1, -0.05) is 18.2 Å². The van der Waals surface area contributed by atoms with Crippen molar-refractivity contribution in [2.24, 2.45) is 0 Å². The Morgan fingerprint density at radius 1 is 1.25 bits per heavy atom. The standard InChI is InChI=1S/C8H6N2OS/c9-12-8-6-4-2-1-3-5(6)7(11)10-8/h1-4,9H,(H,10,11). The van der Waals surface area contributed by atoms with Gasteiger partial charge in [0.1, 0.15) is 4.99 Å². The third-order valence-electron chi connectivity index (χ3n) is 1.75. The van der Waals surface area contributed by atoms with Crippen molar-refractivity contribution >= 4 is 22.0 Å². The number of fused-ring (bicyclic) bond motifs is 1. The molecule has 12 heavy (non-hydrogen) atoms. The van der Waals surface area contributed by atoms with Crippen LogP contribution in [0.15, 0.2) is 24.3 Å². The van der Waals surface area contributed by atoms with Crippen LogP contribution in [-0.2, 0) is 11.1 Å². The minimum Gasteiger partial charge on any atom is -0.312 e. The summed E-state index contributed by atoms with van der Waals surface area (Å²) >= 11 is 0.814. The van der Waals surface area contributed by atoms with Crippen molar-refractivity contribution in [3.63, 3.8) is 0 Å². The van der Waals surface area contributed by atoms with E-state index in [9.17, 15) is 4.79 Å². The van der Waals surface area contributed by atoms with Crippen LogP contribution in [0.5, 0.6) is 0 Å². The fraction of sp³-hybridized carbons (Fsp3) is 0. The number of carbonyl (C=O) groups is 1. The highest BCUT2D eigenvalue weighted by molar-refractivity contribution is 7.68. The van der Waals surface area contributed by atoms with Crippen LogP contribution in [0.1, 0.15) is 15.9 Å². The Morgan fingerprint density at radius 3 is 2.58 bits per heavy atom. The fourth-order valence-corrected chi connectivity index (χ4v) is 1.63. The van der Waals surface area contributed by atoms with Crippen LogP contribution in [0.3, 0.4) is 0 Å². The van der Waals surface area contributed by atoms with E-state index < -0.39 is 0 Å². The van der Waals surface area contributed by atoms with E-state index in [0.717, 1.165) is 16.7 Å². The molecule has 3 nitrogen and oxygen atoms in total. The summed E-state index contributed by atoms with van der Waals surface area (Å²) in [5.41, 5.74) is 1.50. The number of amides is 1. The first-order chi connectivity index (χ1) is 5.83. The molecule has 0 radical (unpaired) electrons. The average Bonchev–Trinajstić information content (AvgIpc) is 2.44. The lowest BCUT2D eigenvalue weighted by molar-refractivity contribution is 0.0984. The minimum absolute atomic E-state index is 0.111. The molecule has 0 saturated heterocycles. The second-order valence-corrected chi connectivity index (χ2v) is 3.04. The van der Waals surface area contributed by atoms with Gasteiger partial charge in [-0.2, -0.15) is 0 Å². The molecule has 60 valence electrons. The number of benzene rings is 1. The number of rotatable bonds is 0. The average molecular weight is 178 g/mol. The third-order valence-corrected chi connectivity index (χ3v) is 2.27. The van der Waals surface area contributed by atoms with Gasteiger partial charge in [-0.3, -0.25) is 4.79 Å². The lowest BCUT2D eigenvalue weighted by Crippen LogP contribution is -2.20. The van der Waals surface area contributed by atoms with Crippen LogP contribution in [0.4, 0.5) is 0 Å². The molecule has 0 unspecified atom stereocenters. The zero-order valence-corrected chi connectivity index (χ0v) is 6.94. The summed E-state index contributed by atoms with van der Waals surface area (Å²) in [5, 5.41) is 2.62. The maximum absolute atomic E-state index is 11.2. The molecule has 1 aliphatic heterocycles. The monoisotopic (exact) mass is 178 g/mol. The summed E-state index contributed by atoms with van der Waals surface area (Å²) in [6, 6.07) is 7.27. The topological polar surface area (TPSA) is 53.0 Å². The van der Waals surface area contributed by atoms with Gasteiger partial charge in [0, 0.05) is 11.1 Å². The quantitative estimate of drug-likeness (QED) is 0.566. The molecule has 0 spiro atoms. The Morgan fingerprint density at radius 2 is 1.92 bits per heavy atom. The van der Waals surface area contributed by atoms with Crippen molar-refractivity contribution in [2.45, 2.75) is 0 Å². The normalized spacial score (nSPS) is 14.0. The second kappa shape index (κ2) is 2.57. The summed E-state index contributed by atoms with van der Waals surface area (Å²) in [7, 11) is 0. The van der Waals surface area contributed by atoms with Crippen molar-refractivity contribution in [1.82, 2.24) is 5.32 Å². The molecule has 1 aromatic rings. The van der Waals surface area contributed by atoms with Gasteiger partial charge in [0.25, 0.3) is 5.91 Å². The van der Waals surface area contributed by atoms with Crippen LogP contribution in [0.2, 0.25) is 0 Å². The van der Waals surface area contributed by atoms with Crippen molar-refractivity contribution < 1.29 is 4.79 Å². The van der Waals surface area contributed by atoms with Gasteiger partial charge in [0.15, 0.2) is 0 Å². The van der Waals surface area contributed by atoms with Crippen LogP contribution < -0.4 is 5.32 Å². The molecule has 1 aliphatic rings. The van der Waals surface area contributed by atoms with Gasteiger partial charge >= 0.3 is 0 Å². The smallest absolute Gasteiger partial charge is 0.257 e. The summed E-state index contributed by atoms with van der Waals surface area (Å²) in [6.07, 6.45) is 0. The van der Waals surface area contributed by atoms with Gasteiger partial charge < -0.3 is 5.32 Å². The van der Waals surface area contributed by atoms with Crippen LogP contribution in [0, 0.1) is 4.78 Å². The SMILES string of the molecule is N=S=C1NC(=O)c2ccccc21. The molecule has 4 heteroatoms. The van der Waals surface area contributed by atoms with E-state index in [-0.39, 0.29) is 5.91 Å². The van der Waals surface area contributed by atoms with E-state index >= 15 is 0 Å². The molecule has 2 rings (SSSR count). The molecule has 1 heterocycles. The first-order valence-corrected chi connectivity index (χ1v) is 4.26. The van der Waals surface area contributed by atoms with Gasteiger partial charge in [0.2, 0.25) is 0 Å². The zero-order chi connectivity index (χ0) is 8.55. The Labute approximate surface area is 72.9 Å². The second-order valence-electron chi connectivity index (χ2n) is 2.43. The van der Waals surface area contributed by atoms with Crippen molar-refractivity contribution in [1.29, 1.82) is 4.78 Å². The largest absolute Gasteiger partial charge is 0.312 e. The van der Waals surface area contributed by atoms with E-state index in [0.29, 0.717) is 10.6 Å². The fourth-order valence-electron chi connectivity index (χ4n) is 1.20. The van der Waals surface area contributed by atoms with Gasteiger partial charge in [-0.15, -0.1) is 0 Å². The molecule has 1 amide bonds. The van der Waals surface area contributed by atoms with Gasteiger partial charge in [0.05, 0.1) is 0 Å². The maximum atomic E-state index is 11.2. The molecule has 0 fully saturated rings. The van der Waals surface area contributed by atoms with Crippen molar-refractivity contribution in [3.05, 3.63) is 35.4 Å². The summed E-state index contributed by atoms with van der Waals surface area (Å²) in [6.45, 7) is 0. The Hall–Kier alpha value is -1.42. The molecule has 1 aromatic carbocycles. The van der Waals surface area contributed by atoms with E-state index in [1.807, 2.05) is 18.2 Å². The predicted molar refractivity (Wildman–Crippen MR) is 48.1 cm³/mol. The summed E-state index contributed by atoms with van der Waals surface area (Å²) in [5.74, 6) is -0.111. The first-order valence-electron chi connectivity index (χ1n) is 3.44. The Balaban J connectivity index is 2.73. The molecular formula is C8H6N2OS. The molecule has 0 bridgehead atoms. The van der Waals surface area contributed by atoms with E-state index in [1.165, 1.54) is 0 Å². The first kappa shape index (κ1) is 7.24. The highest BCUT2D eigenvalue weighted by Gasteiger charge is 2.22. The molecule has 0 aromatic heterocycles. The Bertz CT molecular complexity index is 407. The molecule has 0 aliphatic carbocycles. The van der Waals surface area contributed by atoms with Gasteiger partial charge in [-0.25, -0.2) is 4.78 Å². The van der Waals surface area contributed by atoms with Crippen molar-refractivity contribution in [2.75, 3.05) is 0 Å². The molecular weight excluding hydrogens is 172 g/mol. The Kier molecular flexibility index (Phi) is 1.55. The highest BCUT2D eigenvalue weighted by atomic mass is 32.1. The predicted octanol–water partition coefficient (Wildman–Crippen LogP) is 0.753. The summed E-state index contributed by atoms with van der Waals surface area (Å²) < 4.78 is 7.09. The van der Waals surface area contributed by atoms with Crippen molar-refractivity contribution in [3.8, 4) is 0 Å². The van der Waals surface area contributed by atoms with Crippen LogP contribution in [-0.4, -0.2) is 10.9 Å².